The molecule has 29 nitrogen and oxygen atoms in total. The molecule has 0 saturated heterocycles. The van der Waals surface area contributed by atoms with Crippen LogP contribution >= 0.6 is 0 Å². The van der Waals surface area contributed by atoms with E-state index in [9.17, 15) is 54.6 Å². The second kappa shape index (κ2) is 35.6. The highest BCUT2D eigenvalue weighted by Crippen LogP contribution is 2.31. The van der Waals surface area contributed by atoms with Crippen molar-refractivity contribution in [3.05, 3.63) is 23.7 Å². The fourth-order valence-corrected chi connectivity index (χ4v) is 7.04. The van der Waals surface area contributed by atoms with Crippen molar-refractivity contribution >= 4 is 41.7 Å². The van der Waals surface area contributed by atoms with Gasteiger partial charge < -0.3 is 111 Å². The molecule has 2 aliphatic heterocycles. The Morgan fingerprint density at radius 1 is 0.630 bits per heavy atom. The van der Waals surface area contributed by atoms with Gasteiger partial charge in [-0.2, -0.15) is 0 Å². The van der Waals surface area contributed by atoms with Crippen LogP contribution in [0, 0.1) is 5.92 Å². The summed E-state index contributed by atoms with van der Waals surface area (Å²) >= 11 is 0. The summed E-state index contributed by atoms with van der Waals surface area (Å²) in [7, 11) is 1.93. The number of ether oxygens (including phenoxy) is 10. The minimum atomic E-state index is -1.73. The van der Waals surface area contributed by atoms with Crippen LogP contribution in [0.5, 0.6) is 0 Å². The average molecular weight is 1050 g/mol. The lowest BCUT2D eigenvalue weighted by atomic mass is 9.87. The third-order valence-corrected chi connectivity index (χ3v) is 10.7. The van der Waals surface area contributed by atoms with Gasteiger partial charge in [-0.25, -0.2) is 19.6 Å². The van der Waals surface area contributed by atoms with Crippen molar-refractivity contribution in [2.75, 3.05) is 113 Å². The van der Waals surface area contributed by atoms with Gasteiger partial charge >= 0.3 is 23.9 Å². The highest BCUT2D eigenvalue weighted by Gasteiger charge is 2.47. The van der Waals surface area contributed by atoms with Crippen LogP contribution in [0.15, 0.2) is 33.7 Å². The summed E-state index contributed by atoms with van der Waals surface area (Å²) in [5.41, 5.74) is 22.0. The van der Waals surface area contributed by atoms with Gasteiger partial charge in [-0.1, -0.05) is 6.92 Å². The number of aliphatic hydroxyl groups is 4. The van der Waals surface area contributed by atoms with Crippen molar-refractivity contribution in [1.29, 1.82) is 0 Å². The molecule has 0 spiro atoms. The standard InChI is InChI=1S/C44H76N8O21/c1-26-28(50-43(45)46)22-32(41(60)61)70-37(26)38(30(56)24-53)72-34(58)6-4-10-64-14-18-68-20-16-66-12-8-52(3)9-13-67-17-21-69-19-15-65-11-5-7-35(59)73-39(31(57)25-54)40-36(49-27(2)55)29(51-44(47)48)23-33(71-40)42(62)63/h22-23,26,28-31,36-40,53-54,56-57H,4-21,24-25H2,1-3H3,(H,49,55)(H,60,61)(H,62,63)(H4,45,46,50)(H4,47,48,51)/t26-,28+,29+,30-,31-,36-,37-,38-,39-,40-/m1/s1. The first-order chi connectivity index (χ1) is 34.8. The molecular formula is C44H76N8O21. The Morgan fingerprint density at radius 3 is 1.40 bits per heavy atom. The highest BCUT2D eigenvalue weighted by molar-refractivity contribution is 5.86. The van der Waals surface area contributed by atoms with Crippen molar-refractivity contribution < 1.29 is 102 Å². The number of carbonyl (C=O) groups excluding carboxylic acids is 3. The number of amides is 1. The number of aliphatic hydroxyl groups excluding tert-OH is 4. The third kappa shape index (κ3) is 25.4. The zero-order chi connectivity index (χ0) is 54.3. The second-order valence-electron chi connectivity index (χ2n) is 16.6. The van der Waals surface area contributed by atoms with Gasteiger partial charge in [0.1, 0.15) is 18.3 Å². The number of aliphatic imine (C=N–C) groups is 2. The number of nitrogens with two attached hydrogens (primary N) is 4. The molecule has 2 aliphatic rings. The van der Waals surface area contributed by atoms with Crippen molar-refractivity contribution in [2.45, 2.75) is 94.3 Å². The van der Waals surface area contributed by atoms with E-state index in [-0.39, 0.29) is 64.7 Å². The number of hydrogen-bond acceptors (Lipinski definition) is 22. The van der Waals surface area contributed by atoms with Crippen molar-refractivity contribution in [3.63, 3.8) is 0 Å². The van der Waals surface area contributed by atoms with Gasteiger partial charge in [-0.15, -0.1) is 0 Å². The van der Waals surface area contributed by atoms with Crippen LogP contribution in [0.3, 0.4) is 0 Å². The first-order valence-electron chi connectivity index (χ1n) is 23.6. The maximum atomic E-state index is 12.8. The van der Waals surface area contributed by atoms with Gasteiger partial charge in [0.15, 0.2) is 30.2 Å². The fourth-order valence-electron chi connectivity index (χ4n) is 7.04. The number of carboxylic acid groups (broad SMARTS) is 2. The monoisotopic (exact) mass is 1050 g/mol. The van der Waals surface area contributed by atoms with Crippen LogP contribution < -0.4 is 28.3 Å². The predicted octanol–water partition coefficient (Wildman–Crippen LogP) is -4.73. The van der Waals surface area contributed by atoms with E-state index < -0.39 is 121 Å². The van der Waals surface area contributed by atoms with Gasteiger partial charge in [0, 0.05) is 52.0 Å². The number of aliphatic carboxylic acids is 2. The van der Waals surface area contributed by atoms with E-state index in [1.807, 2.05) is 11.9 Å². The topological polar surface area (TPSA) is 443 Å². The fraction of sp³-hybridized carbons (Fsp3) is 0.750. The maximum Gasteiger partial charge on any atom is 0.370 e. The smallest absolute Gasteiger partial charge is 0.370 e. The normalized spacial score (nSPS) is 21.2. The van der Waals surface area contributed by atoms with E-state index in [2.05, 4.69) is 15.3 Å². The third-order valence-electron chi connectivity index (χ3n) is 10.7. The van der Waals surface area contributed by atoms with E-state index in [0.29, 0.717) is 59.3 Å². The molecule has 1 amide bonds. The Labute approximate surface area is 422 Å². The molecule has 2 rings (SSSR count). The molecule has 0 radical (unpaired) electrons. The lowest BCUT2D eigenvalue weighted by molar-refractivity contribution is -0.176. The number of likely N-dealkylation sites (N-methyl/N-ethyl adjacent to an activating group) is 1. The zero-order valence-electron chi connectivity index (χ0n) is 41.5. The summed E-state index contributed by atoms with van der Waals surface area (Å²) < 4.78 is 55.2. The second-order valence-corrected chi connectivity index (χ2v) is 16.6. The Hall–Kier alpha value is -5.47. The Bertz CT molecular complexity index is 1800. The number of esters is 2. The summed E-state index contributed by atoms with van der Waals surface area (Å²) in [6, 6.07) is -3.22. The first-order valence-corrected chi connectivity index (χ1v) is 23.6. The Morgan fingerprint density at radius 2 is 1.00 bits per heavy atom. The van der Waals surface area contributed by atoms with E-state index in [4.69, 9.17) is 70.3 Å². The molecule has 0 fully saturated rings. The molecule has 29 heteroatoms. The molecule has 418 valence electrons. The molecule has 15 N–H and O–H groups in total. The summed E-state index contributed by atoms with van der Waals surface area (Å²) in [6.07, 6.45) is -6.55. The van der Waals surface area contributed by atoms with E-state index in [0.717, 1.165) is 6.08 Å². The van der Waals surface area contributed by atoms with Crippen LogP contribution in [0.2, 0.25) is 0 Å². The minimum Gasteiger partial charge on any atom is -0.479 e. The molecule has 0 aromatic heterocycles. The maximum absolute atomic E-state index is 12.8. The molecule has 0 aliphatic carbocycles. The molecular weight excluding hydrogens is 977 g/mol. The van der Waals surface area contributed by atoms with E-state index >= 15 is 0 Å². The molecule has 0 bridgehead atoms. The average Bonchev–Trinajstić information content (AvgIpc) is 3.33. The molecule has 10 atom stereocenters. The number of nitrogens with zero attached hydrogens (tertiary/aromatic N) is 3. The highest BCUT2D eigenvalue weighted by atomic mass is 16.6. The SMILES string of the molecule is CC(=O)N[C@H]1[C@H]([C@H](OC(=O)CCCOCCOCCOCCN(C)CCOCCOCCOCCCC(=O)O[C@@H]([C@@H]2OC(C(=O)O)=C[C@H](N=C(N)N)[C@H]2C)[C@H](O)CO)[C@H](O)CO)OC(C(=O)O)=C[C@@H]1N=C(N)N. The van der Waals surface area contributed by atoms with E-state index in [1.54, 1.807) is 6.92 Å². The number of carbonyl (C=O) groups is 5. The predicted molar refractivity (Wildman–Crippen MR) is 254 cm³/mol. The molecule has 0 unspecified atom stereocenters. The van der Waals surface area contributed by atoms with Crippen molar-refractivity contribution in [1.82, 2.24) is 10.2 Å². The number of rotatable bonds is 39. The largest absolute Gasteiger partial charge is 0.479 e. The Balaban J connectivity index is 1.50. The molecule has 0 saturated carbocycles. The van der Waals surface area contributed by atoms with Crippen LogP contribution in [0.25, 0.3) is 0 Å². The summed E-state index contributed by atoms with van der Waals surface area (Å²) in [4.78, 5) is 70.9. The summed E-state index contributed by atoms with van der Waals surface area (Å²) in [5, 5.41) is 61.9. The quantitative estimate of drug-likeness (QED) is 0.0119. The minimum absolute atomic E-state index is 0.0915. The van der Waals surface area contributed by atoms with Gasteiger partial charge in [0.25, 0.3) is 0 Å². The lowest BCUT2D eigenvalue weighted by Gasteiger charge is -2.39. The molecule has 0 aromatic carbocycles. The van der Waals surface area contributed by atoms with Gasteiger partial charge in [-0.05, 0) is 32.0 Å². The summed E-state index contributed by atoms with van der Waals surface area (Å²) in [5.74, 6) is -7.53. The molecule has 2 heterocycles. The number of carboxylic acids is 2. The zero-order valence-corrected chi connectivity index (χ0v) is 41.5. The van der Waals surface area contributed by atoms with Crippen LogP contribution in [0.1, 0.15) is 39.5 Å². The van der Waals surface area contributed by atoms with Crippen LogP contribution in [0.4, 0.5) is 0 Å². The van der Waals surface area contributed by atoms with E-state index in [1.165, 1.54) is 13.0 Å². The number of nitrogens with one attached hydrogen (secondary N) is 1. The van der Waals surface area contributed by atoms with Crippen molar-refractivity contribution in [2.24, 2.45) is 38.8 Å². The summed E-state index contributed by atoms with van der Waals surface area (Å²) in [6.45, 7) is 6.25. The lowest BCUT2D eigenvalue weighted by Crippen LogP contribution is -2.60. The van der Waals surface area contributed by atoms with Crippen LogP contribution in [-0.2, 0) is 71.3 Å². The van der Waals surface area contributed by atoms with Gasteiger partial charge in [-0.3, -0.25) is 14.4 Å². The number of guanidine groups is 2. The van der Waals surface area contributed by atoms with Gasteiger partial charge in [0.2, 0.25) is 17.4 Å². The molecule has 73 heavy (non-hydrogen) atoms. The van der Waals surface area contributed by atoms with Crippen molar-refractivity contribution in [3.8, 4) is 0 Å². The van der Waals surface area contributed by atoms with Gasteiger partial charge in [0.05, 0.1) is 97.4 Å². The van der Waals surface area contributed by atoms with Crippen LogP contribution in [-0.4, -0.2) is 245 Å². The molecule has 0 aromatic rings. The number of hydrogen-bond donors (Lipinski definition) is 11. The first kappa shape index (κ1) is 63.6. The Kier molecular flexibility index (Phi) is 31.1.